The highest BCUT2D eigenvalue weighted by Crippen LogP contribution is 2.13. The summed E-state index contributed by atoms with van der Waals surface area (Å²) in [5, 5.41) is 7.83. The van der Waals surface area contributed by atoms with Crippen LogP contribution in [-0.2, 0) is 16.6 Å². The first-order chi connectivity index (χ1) is 8.02. The quantitative estimate of drug-likeness (QED) is 0.788. The molecule has 6 heteroatoms. The minimum absolute atomic E-state index is 0.253. The maximum Gasteiger partial charge on any atom is 0.230 e. The zero-order valence-electron chi connectivity index (χ0n) is 9.87. The molecule has 0 spiro atoms. The van der Waals surface area contributed by atoms with Crippen LogP contribution >= 0.6 is 0 Å². The molecule has 1 atom stereocenters. The molecule has 1 aromatic heterocycles. The smallest absolute Gasteiger partial charge is 0.230 e. The molecule has 1 aromatic rings. The third kappa shape index (κ3) is 3.25. The number of sulfonamides is 1. The Hall–Kier alpha value is -1.45. The van der Waals surface area contributed by atoms with Gasteiger partial charge in [0.1, 0.15) is 0 Å². The van der Waals surface area contributed by atoms with E-state index in [4.69, 9.17) is 5.26 Å². The van der Waals surface area contributed by atoms with Gasteiger partial charge in [0.05, 0.1) is 6.07 Å². The van der Waals surface area contributed by atoms with Gasteiger partial charge in [0.2, 0.25) is 10.0 Å². The fourth-order valence-corrected chi connectivity index (χ4v) is 2.74. The fraction of sp³-hybridized carbons (Fsp3) is 0.455. The first kappa shape index (κ1) is 13.6. The van der Waals surface area contributed by atoms with Gasteiger partial charge in [-0.25, -0.2) is 8.42 Å². The van der Waals surface area contributed by atoms with Crippen molar-refractivity contribution in [2.24, 2.45) is 0 Å². The van der Waals surface area contributed by atoms with Gasteiger partial charge < -0.3 is 0 Å². The second kappa shape index (κ2) is 5.75. The monoisotopic (exact) mass is 253 g/mol. The Bertz CT molecular complexity index is 493. The average Bonchev–Trinajstić information content (AvgIpc) is 2.31. The highest BCUT2D eigenvalue weighted by atomic mass is 32.2. The van der Waals surface area contributed by atoms with Gasteiger partial charge in [-0.05, 0) is 24.1 Å². The molecular formula is C11H15N3O2S. The van der Waals surface area contributed by atoms with E-state index < -0.39 is 15.3 Å². The van der Waals surface area contributed by atoms with Gasteiger partial charge >= 0.3 is 0 Å². The first-order valence-corrected chi connectivity index (χ1v) is 6.76. The van der Waals surface area contributed by atoms with Gasteiger partial charge in [-0.15, -0.1) is 0 Å². The van der Waals surface area contributed by atoms with Crippen molar-refractivity contribution < 1.29 is 8.42 Å². The number of pyridine rings is 1. The van der Waals surface area contributed by atoms with Crippen LogP contribution in [0, 0.1) is 11.3 Å². The third-order valence-corrected chi connectivity index (χ3v) is 4.62. The lowest BCUT2D eigenvalue weighted by Crippen LogP contribution is -2.34. The van der Waals surface area contributed by atoms with Crippen LogP contribution in [0.1, 0.15) is 18.9 Å². The van der Waals surface area contributed by atoms with Crippen LogP contribution < -0.4 is 0 Å². The Morgan fingerprint density at radius 3 is 2.53 bits per heavy atom. The van der Waals surface area contributed by atoms with E-state index in [2.05, 4.69) is 4.98 Å². The summed E-state index contributed by atoms with van der Waals surface area (Å²) in [5.41, 5.74) is 0.846. The van der Waals surface area contributed by atoms with Crippen molar-refractivity contribution in [3.8, 4) is 6.07 Å². The Balaban J connectivity index is 2.84. The van der Waals surface area contributed by atoms with E-state index >= 15 is 0 Å². The molecule has 5 nitrogen and oxygen atoms in total. The van der Waals surface area contributed by atoms with Crippen molar-refractivity contribution in [1.29, 1.82) is 5.26 Å². The highest BCUT2D eigenvalue weighted by Gasteiger charge is 2.28. The first-order valence-electron chi connectivity index (χ1n) is 5.26. The van der Waals surface area contributed by atoms with Crippen molar-refractivity contribution in [2.45, 2.75) is 25.1 Å². The van der Waals surface area contributed by atoms with Crippen LogP contribution in [0.3, 0.4) is 0 Å². The molecule has 0 bridgehead atoms. The second-order valence-corrected chi connectivity index (χ2v) is 5.90. The van der Waals surface area contributed by atoms with Gasteiger partial charge in [-0.3, -0.25) is 4.98 Å². The number of hydrogen-bond donors (Lipinski definition) is 0. The van der Waals surface area contributed by atoms with E-state index in [9.17, 15) is 8.42 Å². The van der Waals surface area contributed by atoms with E-state index in [1.165, 1.54) is 11.4 Å². The average molecular weight is 253 g/mol. The summed E-state index contributed by atoms with van der Waals surface area (Å²) >= 11 is 0. The molecule has 1 rings (SSSR count). The van der Waals surface area contributed by atoms with Gasteiger partial charge in [0.15, 0.2) is 5.25 Å². The van der Waals surface area contributed by atoms with Crippen molar-refractivity contribution >= 4 is 10.0 Å². The lowest BCUT2D eigenvalue weighted by atomic mass is 10.3. The standard InChI is InChI=1S/C11H15N3O2S/c1-3-11(8-12)17(15,16)14(2)9-10-4-6-13-7-5-10/h4-7,11H,3,9H2,1-2H3. The number of rotatable bonds is 5. The molecule has 0 N–H and O–H groups in total. The Kier molecular flexibility index (Phi) is 4.61. The van der Waals surface area contributed by atoms with Crippen LogP contribution in [0.15, 0.2) is 24.5 Å². The summed E-state index contributed by atoms with van der Waals surface area (Å²) in [4.78, 5) is 3.86. The molecule has 0 aliphatic rings. The van der Waals surface area contributed by atoms with Gasteiger partial charge in [-0.1, -0.05) is 6.92 Å². The van der Waals surface area contributed by atoms with Crippen LogP contribution in [0.4, 0.5) is 0 Å². The van der Waals surface area contributed by atoms with E-state index in [0.717, 1.165) is 5.56 Å². The minimum Gasteiger partial charge on any atom is -0.265 e. The maximum atomic E-state index is 12.0. The Labute approximate surface area is 102 Å². The summed E-state index contributed by atoms with van der Waals surface area (Å²) in [6.45, 7) is 1.94. The summed E-state index contributed by atoms with van der Waals surface area (Å²) in [5.74, 6) is 0. The van der Waals surface area contributed by atoms with Crippen molar-refractivity contribution in [1.82, 2.24) is 9.29 Å². The van der Waals surface area contributed by atoms with E-state index in [1.54, 1.807) is 31.5 Å². The molecule has 1 unspecified atom stereocenters. The summed E-state index contributed by atoms with van der Waals surface area (Å²) in [7, 11) is -2.07. The lowest BCUT2D eigenvalue weighted by Gasteiger charge is -2.19. The predicted octanol–water partition coefficient (Wildman–Crippen LogP) is 1.15. The fourth-order valence-electron chi connectivity index (χ4n) is 1.42. The molecule has 0 saturated carbocycles. The van der Waals surface area contributed by atoms with Crippen LogP contribution in [0.5, 0.6) is 0 Å². The normalized spacial score (nSPS) is 13.3. The van der Waals surface area contributed by atoms with Crippen molar-refractivity contribution in [3.63, 3.8) is 0 Å². The van der Waals surface area contributed by atoms with E-state index in [0.29, 0.717) is 6.42 Å². The van der Waals surface area contributed by atoms with E-state index in [-0.39, 0.29) is 6.54 Å². The number of hydrogen-bond acceptors (Lipinski definition) is 4. The SMILES string of the molecule is CCC(C#N)S(=O)(=O)N(C)Cc1ccncc1. The summed E-state index contributed by atoms with van der Waals surface area (Å²) in [6.07, 6.45) is 3.51. The molecule has 0 aromatic carbocycles. The van der Waals surface area contributed by atoms with Gasteiger partial charge in [0.25, 0.3) is 0 Å². The number of nitrogens with zero attached hydrogens (tertiary/aromatic N) is 3. The summed E-state index contributed by atoms with van der Waals surface area (Å²) < 4.78 is 25.2. The highest BCUT2D eigenvalue weighted by molar-refractivity contribution is 7.89. The summed E-state index contributed by atoms with van der Waals surface area (Å²) in [6, 6.07) is 5.32. The molecule has 0 radical (unpaired) electrons. The minimum atomic E-state index is -3.55. The molecule has 0 amide bonds. The van der Waals surface area contributed by atoms with E-state index in [1.807, 2.05) is 6.07 Å². The molecule has 0 aliphatic carbocycles. The van der Waals surface area contributed by atoms with Crippen LogP contribution in [-0.4, -0.2) is 30.0 Å². The predicted molar refractivity (Wildman–Crippen MR) is 64.3 cm³/mol. The molecule has 0 fully saturated rings. The topological polar surface area (TPSA) is 74.1 Å². The van der Waals surface area contributed by atoms with Crippen LogP contribution in [0.25, 0.3) is 0 Å². The maximum absolute atomic E-state index is 12.0. The van der Waals surface area contributed by atoms with Gasteiger partial charge in [-0.2, -0.15) is 9.57 Å². The molecule has 1 heterocycles. The molecular weight excluding hydrogens is 238 g/mol. The Morgan fingerprint density at radius 1 is 1.47 bits per heavy atom. The largest absolute Gasteiger partial charge is 0.265 e. The van der Waals surface area contributed by atoms with Crippen LogP contribution in [0.2, 0.25) is 0 Å². The molecule has 92 valence electrons. The molecule has 0 saturated heterocycles. The number of nitriles is 1. The second-order valence-electron chi connectivity index (χ2n) is 3.68. The number of aromatic nitrogens is 1. The van der Waals surface area contributed by atoms with Gasteiger partial charge in [0, 0.05) is 26.0 Å². The van der Waals surface area contributed by atoms with Crippen molar-refractivity contribution in [2.75, 3.05) is 7.05 Å². The Morgan fingerprint density at radius 2 is 2.06 bits per heavy atom. The lowest BCUT2D eigenvalue weighted by molar-refractivity contribution is 0.460. The molecule has 0 aliphatic heterocycles. The third-order valence-electron chi connectivity index (χ3n) is 2.46. The molecule has 17 heavy (non-hydrogen) atoms. The zero-order valence-corrected chi connectivity index (χ0v) is 10.7. The zero-order chi connectivity index (χ0) is 12.9. The van der Waals surface area contributed by atoms with Crippen molar-refractivity contribution in [3.05, 3.63) is 30.1 Å².